The summed E-state index contributed by atoms with van der Waals surface area (Å²) in [6, 6.07) is 10.1. The predicted octanol–water partition coefficient (Wildman–Crippen LogP) is 2.17. The number of hydrogen-bond donors (Lipinski definition) is 2. The second-order valence-electron chi connectivity index (χ2n) is 6.36. The molecule has 0 aliphatic carbocycles. The number of fused-ring (bicyclic) bond motifs is 3. The highest BCUT2D eigenvalue weighted by atomic mass is 16.4. The van der Waals surface area contributed by atoms with Gasteiger partial charge < -0.3 is 14.8 Å². The van der Waals surface area contributed by atoms with Gasteiger partial charge >= 0.3 is 5.97 Å². The molecule has 0 aliphatic heterocycles. The van der Waals surface area contributed by atoms with Crippen LogP contribution in [-0.4, -0.2) is 36.1 Å². The van der Waals surface area contributed by atoms with Crippen LogP contribution in [0.2, 0.25) is 0 Å². The highest BCUT2D eigenvalue weighted by Gasteiger charge is 2.26. The molecule has 0 aliphatic rings. The summed E-state index contributed by atoms with van der Waals surface area (Å²) in [7, 11) is 1.46. The van der Waals surface area contributed by atoms with Gasteiger partial charge in [0, 0.05) is 30.4 Å². The van der Waals surface area contributed by atoms with E-state index in [4.69, 9.17) is 0 Å². The minimum absolute atomic E-state index is 0.152. The zero-order valence-electron chi connectivity index (χ0n) is 14.8. The molecule has 0 bridgehead atoms. The fourth-order valence-corrected chi connectivity index (χ4v) is 3.50. The molecule has 28 heavy (non-hydrogen) atoms. The molecule has 140 valence electrons. The van der Waals surface area contributed by atoms with E-state index >= 15 is 0 Å². The van der Waals surface area contributed by atoms with Crippen LogP contribution in [0.3, 0.4) is 0 Å². The zero-order chi connectivity index (χ0) is 20.0. The molecule has 2 N–H and O–H groups in total. The molecule has 8 heteroatoms. The normalized spacial score (nSPS) is 11.2. The number of aromatic nitrogens is 3. The Morgan fingerprint density at radius 2 is 1.86 bits per heavy atom. The lowest BCUT2D eigenvalue weighted by Crippen LogP contribution is -2.25. The molecular formula is C20H15N3O5. The third kappa shape index (κ3) is 2.46. The fraction of sp³-hybridized carbons (Fsp3) is 0.100. The number of Topliss-reactive ketones (excluding diaryl/α,β-unsaturated/α-hetero) is 1. The number of aromatic carboxylic acids is 1. The van der Waals surface area contributed by atoms with Crippen molar-refractivity contribution >= 4 is 33.6 Å². The highest BCUT2D eigenvalue weighted by Crippen LogP contribution is 2.33. The third-order valence-electron chi connectivity index (χ3n) is 4.77. The van der Waals surface area contributed by atoms with Gasteiger partial charge in [0.1, 0.15) is 5.39 Å². The van der Waals surface area contributed by atoms with Gasteiger partial charge in [-0.2, -0.15) is 0 Å². The Kier molecular flexibility index (Phi) is 3.96. The number of pyridine rings is 2. The Labute approximate surface area is 157 Å². The molecule has 0 radical (unpaired) electrons. The lowest BCUT2D eigenvalue weighted by molar-refractivity contribution is 0.0683. The summed E-state index contributed by atoms with van der Waals surface area (Å²) in [5.74, 6) is -2.27. The van der Waals surface area contributed by atoms with Crippen molar-refractivity contribution in [3.8, 4) is 5.75 Å². The van der Waals surface area contributed by atoms with Gasteiger partial charge in [-0.3, -0.25) is 19.1 Å². The molecule has 0 amide bonds. The lowest BCUT2D eigenvalue weighted by atomic mass is 10.1. The highest BCUT2D eigenvalue weighted by molar-refractivity contribution is 6.10. The van der Waals surface area contributed by atoms with Crippen LogP contribution in [0.4, 0.5) is 0 Å². The summed E-state index contributed by atoms with van der Waals surface area (Å²) >= 11 is 0. The number of rotatable bonds is 4. The van der Waals surface area contributed by atoms with E-state index in [9.17, 15) is 24.6 Å². The van der Waals surface area contributed by atoms with Crippen LogP contribution in [0.25, 0.3) is 21.8 Å². The van der Waals surface area contributed by atoms with Crippen molar-refractivity contribution in [1.82, 2.24) is 14.1 Å². The topological polar surface area (TPSA) is 114 Å². The fourth-order valence-electron chi connectivity index (χ4n) is 3.50. The van der Waals surface area contributed by atoms with Crippen LogP contribution >= 0.6 is 0 Å². The molecule has 8 nitrogen and oxygen atoms in total. The number of carboxylic acids is 1. The Hall–Kier alpha value is -3.94. The van der Waals surface area contributed by atoms with Gasteiger partial charge in [0.2, 0.25) is 0 Å². The number of aryl methyl sites for hydroxylation is 1. The Morgan fingerprint density at radius 1 is 1.14 bits per heavy atom. The number of aromatic hydroxyl groups is 1. The smallest absolute Gasteiger partial charge is 0.356 e. The zero-order valence-corrected chi connectivity index (χ0v) is 14.8. The summed E-state index contributed by atoms with van der Waals surface area (Å²) in [6.07, 6.45) is 2.96. The van der Waals surface area contributed by atoms with Gasteiger partial charge in [-0.25, -0.2) is 4.79 Å². The summed E-state index contributed by atoms with van der Waals surface area (Å²) in [5, 5.41) is 20.2. The summed E-state index contributed by atoms with van der Waals surface area (Å²) < 4.78 is 2.49. The molecule has 3 heterocycles. The molecule has 4 rings (SSSR count). The van der Waals surface area contributed by atoms with E-state index in [1.165, 1.54) is 28.6 Å². The lowest BCUT2D eigenvalue weighted by Gasteiger charge is -2.11. The van der Waals surface area contributed by atoms with Crippen molar-refractivity contribution in [1.29, 1.82) is 0 Å². The molecule has 0 spiro atoms. The number of carboxylic acid groups (broad SMARTS) is 1. The van der Waals surface area contributed by atoms with Gasteiger partial charge in [0.25, 0.3) is 5.56 Å². The standard InChI is InChI=1S/C20H15N3O5/c1-22-16-12-9-21-8-7-13(12)23(10-14(24)11-5-3-2-4-6-11)19(26)15(16)18(25)17(22)20(27)28/h2-9,25H,10H2,1H3,(H,27,28). The van der Waals surface area contributed by atoms with Crippen LogP contribution < -0.4 is 5.56 Å². The van der Waals surface area contributed by atoms with Gasteiger partial charge in [-0.15, -0.1) is 0 Å². The molecule has 0 unspecified atom stereocenters. The van der Waals surface area contributed by atoms with E-state index in [0.717, 1.165) is 0 Å². The van der Waals surface area contributed by atoms with Gasteiger partial charge in [-0.1, -0.05) is 30.3 Å². The van der Waals surface area contributed by atoms with Gasteiger partial charge in [0.05, 0.1) is 17.6 Å². The van der Waals surface area contributed by atoms with E-state index in [0.29, 0.717) is 16.5 Å². The average Bonchev–Trinajstić information content (AvgIpc) is 2.96. The number of nitrogens with zero attached hydrogens (tertiary/aromatic N) is 3. The Morgan fingerprint density at radius 3 is 2.54 bits per heavy atom. The monoisotopic (exact) mass is 377 g/mol. The van der Waals surface area contributed by atoms with Crippen molar-refractivity contribution in [2.75, 3.05) is 0 Å². The predicted molar refractivity (Wildman–Crippen MR) is 102 cm³/mol. The Bertz CT molecular complexity index is 1320. The van der Waals surface area contributed by atoms with Crippen LogP contribution in [0, 0.1) is 0 Å². The molecule has 0 fully saturated rings. The van der Waals surface area contributed by atoms with E-state index in [1.54, 1.807) is 36.4 Å². The number of benzene rings is 1. The number of carbonyl (C=O) groups is 2. The van der Waals surface area contributed by atoms with Crippen molar-refractivity contribution in [3.05, 3.63) is 70.4 Å². The maximum Gasteiger partial charge on any atom is 0.356 e. The molecule has 4 aromatic rings. The minimum atomic E-state index is -1.36. The van der Waals surface area contributed by atoms with E-state index < -0.39 is 23.0 Å². The molecule has 1 aromatic carbocycles. The van der Waals surface area contributed by atoms with Gasteiger partial charge in [-0.05, 0) is 6.07 Å². The maximum atomic E-state index is 13.1. The molecule has 0 saturated heterocycles. The largest absolute Gasteiger partial charge is 0.505 e. The first-order valence-electron chi connectivity index (χ1n) is 8.41. The number of carbonyl (C=O) groups excluding carboxylic acids is 1. The minimum Gasteiger partial charge on any atom is -0.505 e. The maximum absolute atomic E-state index is 13.1. The van der Waals surface area contributed by atoms with Crippen molar-refractivity contribution in [2.45, 2.75) is 6.54 Å². The quantitative estimate of drug-likeness (QED) is 0.527. The van der Waals surface area contributed by atoms with Crippen molar-refractivity contribution in [2.24, 2.45) is 7.05 Å². The molecular weight excluding hydrogens is 362 g/mol. The first kappa shape index (κ1) is 17.5. The second kappa shape index (κ2) is 6.34. The number of ketones is 1. The molecule has 0 saturated carbocycles. The van der Waals surface area contributed by atoms with Gasteiger partial charge in [0.15, 0.2) is 17.2 Å². The SMILES string of the molecule is Cn1c(C(=O)O)c(O)c2c(=O)n(CC(=O)c3ccccc3)c3ccncc3c21. The van der Waals surface area contributed by atoms with Crippen LogP contribution in [-0.2, 0) is 13.6 Å². The molecule has 0 atom stereocenters. The summed E-state index contributed by atoms with van der Waals surface area (Å²) in [6.45, 7) is -0.254. The van der Waals surface area contributed by atoms with E-state index in [2.05, 4.69) is 4.98 Å². The summed E-state index contributed by atoms with van der Waals surface area (Å²) in [4.78, 5) is 41.4. The second-order valence-corrected chi connectivity index (χ2v) is 6.36. The van der Waals surface area contributed by atoms with Crippen LogP contribution in [0.1, 0.15) is 20.8 Å². The number of hydrogen-bond acceptors (Lipinski definition) is 5. The van der Waals surface area contributed by atoms with Crippen LogP contribution in [0.15, 0.2) is 53.6 Å². The third-order valence-corrected chi connectivity index (χ3v) is 4.77. The average molecular weight is 377 g/mol. The Balaban J connectivity index is 2.05. The molecule has 3 aromatic heterocycles. The van der Waals surface area contributed by atoms with Crippen molar-refractivity contribution < 1.29 is 19.8 Å². The van der Waals surface area contributed by atoms with Crippen molar-refractivity contribution in [3.63, 3.8) is 0 Å². The van der Waals surface area contributed by atoms with Crippen LogP contribution in [0.5, 0.6) is 5.75 Å². The first-order valence-corrected chi connectivity index (χ1v) is 8.41. The summed E-state index contributed by atoms with van der Waals surface area (Å²) in [5.41, 5.74) is 0.0870. The van der Waals surface area contributed by atoms with E-state index in [-0.39, 0.29) is 23.2 Å². The van der Waals surface area contributed by atoms with E-state index in [1.807, 2.05) is 0 Å². The first-order chi connectivity index (χ1) is 13.4.